The van der Waals surface area contributed by atoms with Crippen LogP contribution in [0.3, 0.4) is 0 Å². The van der Waals surface area contributed by atoms with Crippen molar-refractivity contribution in [3.63, 3.8) is 0 Å². The van der Waals surface area contributed by atoms with Gasteiger partial charge in [0.1, 0.15) is 0 Å². The minimum atomic E-state index is -0.0807. The molecule has 0 aromatic heterocycles. The van der Waals surface area contributed by atoms with Crippen LogP contribution < -0.4 is 5.32 Å². The zero-order valence-electron chi connectivity index (χ0n) is 11.1. The van der Waals surface area contributed by atoms with E-state index in [0.29, 0.717) is 23.0 Å². The highest BCUT2D eigenvalue weighted by Crippen LogP contribution is 2.23. The molecule has 0 atom stereocenters. The predicted octanol–water partition coefficient (Wildman–Crippen LogP) is 4.23. The van der Waals surface area contributed by atoms with E-state index in [1.165, 1.54) is 0 Å². The molecule has 0 saturated carbocycles. The number of carbonyl (C=O) groups is 1. The Balaban J connectivity index is 2.71. The summed E-state index contributed by atoms with van der Waals surface area (Å²) in [7, 11) is 0. The highest BCUT2D eigenvalue weighted by atomic mass is 35.5. The first-order chi connectivity index (χ1) is 8.62. The van der Waals surface area contributed by atoms with Gasteiger partial charge in [0.2, 0.25) is 0 Å². The topological polar surface area (TPSA) is 29.1 Å². The monoisotopic (exact) mass is 285 g/mol. The molecule has 0 saturated heterocycles. The third-order valence-corrected chi connectivity index (χ3v) is 4.18. The smallest absolute Gasteiger partial charge is 0.252 e. The largest absolute Gasteiger partial charge is 0.352 e. The molecule has 1 N–H and O–H groups in total. The quantitative estimate of drug-likeness (QED) is 0.793. The molecule has 0 radical (unpaired) electrons. The molecule has 0 bridgehead atoms. The van der Waals surface area contributed by atoms with Gasteiger partial charge >= 0.3 is 0 Å². The van der Waals surface area contributed by atoms with Crippen molar-refractivity contribution in [1.82, 2.24) is 5.32 Å². The Morgan fingerprint density at radius 1 is 1.39 bits per heavy atom. The van der Waals surface area contributed by atoms with Gasteiger partial charge in [0.15, 0.2) is 0 Å². The lowest BCUT2D eigenvalue weighted by molar-refractivity contribution is 0.0946. The maximum absolute atomic E-state index is 12.1. The van der Waals surface area contributed by atoms with E-state index < -0.39 is 0 Å². The average Bonchev–Trinajstić information content (AvgIpc) is 2.40. The molecular weight excluding hydrogens is 266 g/mol. The van der Waals surface area contributed by atoms with Crippen molar-refractivity contribution in [3.05, 3.63) is 28.8 Å². The van der Waals surface area contributed by atoms with Crippen LogP contribution in [0.25, 0.3) is 0 Å². The fourth-order valence-electron chi connectivity index (χ4n) is 1.71. The van der Waals surface area contributed by atoms with E-state index in [2.05, 4.69) is 19.2 Å². The fraction of sp³-hybridized carbons (Fsp3) is 0.500. The molecule has 0 aliphatic heterocycles. The van der Waals surface area contributed by atoms with Crippen molar-refractivity contribution in [1.29, 1.82) is 0 Å². The van der Waals surface area contributed by atoms with Crippen molar-refractivity contribution in [3.8, 4) is 0 Å². The number of benzene rings is 1. The normalized spacial score (nSPS) is 10.7. The molecular formula is C14H20ClNOS. The number of amides is 1. The second-order valence-electron chi connectivity index (χ2n) is 4.24. The second-order valence-corrected chi connectivity index (χ2v) is 5.53. The van der Waals surface area contributed by atoms with Gasteiger partial charge in [-0.05, 0) is 30.4 Å². The molecule has 18 heavy (non-hydrogen) atoms. The number of nitrogens with one attached hydrogen (secondary N) is 1. The number of halogens is 1. The van der Waals surface area contributed by atoms with Crippen molar-refractivity contribution >= 4 is 29.3 Å². The lowest BCUT2D eigenvalue weighted by Crippen LogP contribution is -2.29. The molecule has 0 fully saturated rings. The molecule has 0 unspecified atom stereocenters. The van der Waals surface area contributed by atoms with E-state index in [4.69, 9.17) is 11.6 Å². The maximum Gasteiger partial charge on any atom is 0.252 e. The molecule has 1 aromatic rings. The summed E-state index contributed by atoms with van der Waals surface area (Å²) in [5.74, 6) is 0.458. The van der Waals surface area contributed by atoms with Crippen LogP contribution in [-0.4, -0.2) is 18.7 Å². The molecule has 0 spiro atoms. The molecule has 0 aliphatic carbocycles. The second kappa shape index (κ2) is 7.70. The summed E-state index contributed by atoms with van der Waals surface area (Å²) in [6, 6.07) is 5.54. The van der Waals surface area contributed by atoms with Crippen LogP contribution >= 0.6 is 23.4 Å². The van der Waals surface area contributed by atoms with Gasteiger partial charge in [-0.2, -0.15) is 0 Å². The summed E-state index contributed by atoms with van der Waals surface area (Å²) in [6.45, 7) is 4.99. The van der Waals surface area contributed by atoms with E-state index in [1.807, 2.05) is 18.4 Å². The Morgan fingerprint density at radius 2 is 2.06 bits per heavy atom. The van der Waals surface area contributed by atoms with Gasteiger partial charge in [0, 0.05) is 11.4 Å². The summed E-state index contributed by atoms with van der Waals surface area (Å²) in [5, 5.41) is 3.47. The van der Waals surface area contributed by atoms with Gasteiger partial charge in [-0.3, -0.25) is 4.79 Å². The molecule has 1 amide bonds. The van der Waals surface area contributed by atoms with Crippen molar-refractivity contribution in [2.75, 3.05) is 12.8 Å². The van der Waals surface area contributed by atoms with Gasteiger partial charge < -0.3 is 5.32 Å². The van der Waals surface area contributed by atoms with Crippen LogP contribution in [0.4, 0.5) is 0 Å². The van der Waals surface area contributed by atoms with Crippen LogP contribution in [0.15, 0.2) is 23.1 Å². The molecule has 1 aromatic carbocycles. The van der Waals surface area contributed by atoms with E-state index in [-0.39, 0.29) is 5.91 Å². The first-order valence-electron chi connectivity index (χ1n) is 6.24. The van der Waals surface area contributed by atoms with Gasteiger partial charge in [-0.1, -0.05) is 38.3 Å². The summed E-state index contributed by atoms with van der Waals surface area (Å²) in [6.07, 6.45) is 4.14. The minimum Gasteiger partial charge on any atom is -0.352 e. The van der Waals surface area contributed by atoms with Gasteiger partial charge in [0.05, 0.1) is 10.6 Å². The van der Waals surface area contributed by atoms with Crippen molar-refractivity contribution < 1.29 is 4.79 Å². The first-order valence-corrected chi connectivity index (χ1v) is 7.84. The predicted molar refractivity (Wildman–Crippen MR) is 79.6 cm³/mol. The van der Waals surface area contributed by atoms with Crippen molar-refractivity contribution in [2.24, 2.45) is 5.92 Å². The Kier molecular flexibility index (Phi) is 6.58. The maximum atomic E-state index is 12.1. The molecule has 100 valence electrons. The minimum absolute atomic E-state index is 0.0807. The zero-order chi connectivity index (χ0) is 13.5. The van der Waals surface area contributed by atoms with E-state index in [1.54, 1.807) is 17.8 Å². The standard InChI is InChI=1S/C14H20ClNOS/c1-4-10(5-2)9-16-14(17)12-8-11(18-3)6-7-13(12)15/h6-8,10H,4-5,9H2,1-3H3,(H,16,17). The van der Waals surface area contributed by atoms with Crippen LogP contribution in [0.2, 0.25) is 5.02 Å². The Hall–Kier alpha value is -0.670. The molecule has 0 aliphatic rings. The third kappa shape index (κ3) is 4.21. The van der Waals surface area contributed by atoms with Gasteiger partial charge in [-0.25, -0.2) is 0 Å². The van der Waals surface area contributed by atoms with Crippen LogP contribution in [0.5, 0.6) is 0 Å². The lowest BCUT2D eigenvalue weighted by atomic mass is 10.0. The van der Waals surface area contributed by atoms with Crippen LogP contribution in [0, 0.1) is 5.92 Å². The Bertz CT molecular complexity index is 405. The molecule has 0 heterocycles. The average molecular weight is 286 g/mol. The molecule has 4 heteroatoms. The van der Waals surface area contributed by atoms with E-state index in [0.717, 1.165) is 17.7 Å². The zero-order valence-corrected chi connectivity index (χ0v) is 12.7. The third-order valence-electron chi connectivity index (χ3n) is 3.12. The van der Waals surface area contributed by atoms with Crippen molar-refractivity contribution in [2.45, 2.75) is 31.6 Å². The van der Waals surface area contributed by atoms with Gasteiger partial charge in [0.25, 0.3) is 5.91 Å². The summed E-state index contributed by atoms with van der Waals surface area (Å²) >= 11 is 7.66. The Labute approximate surface area is 118 Å². The first kappa shape index (κ1) is 15.4. The van der Waals surface area contributed by atoms with E-state index >= 15 is 0 Å². The van der Waals surface area contributed by atoms with Gasteiger partial charge in [-0.15, -0.1) is 11.8 Å². The number of rotatable bonds is 6. The SMILES string of the molecule is CCC(CC)CNC(=O)c1cc(SC)ccc1Cl. The number of carbonyl (C=O) groups excluding carboxylic acids is 1. The highest BCUT2D eigenvalue weighted by molar-refractivity contribution is 7.98. The van der Waals surface area contributed by atoms with Crippen LogP contribution in [0.1, 0.15) is 37.0 Å². The fourth-order valence-corrected chi connectivity index (χ4v) is 2.36. The molecule has 1 rings (SSSR count). The molecule has 2 nitrogen and oxygen atoms in total. The lowest BCUT2D eigenvalue weighted by Gasteiger charge is -2.14. The number of thioether (sulfide) groups is 1. The summed E-state index contributed by atoms with van der Waals surface area (Å²) < 4.78 is 0. The number of hydrogen-bond acceptors (Lipinski definition) is 2. The summed E-state index contributed by atoms with van der Waals surface area (Å²) in [5.41, 5.74) is 0.564. The van der Waals surface area contributed by atoms with E-state index in [9.17, 15) is 4.79 Å². The summed E-state index contributed by atoms with van der Waals surface area (Å²) in [4.78, 5) is 13.1. The Morgan fingerprint density at radius 3 is 2.61 bits per heavy atom. The van der Waals surface area contributed by atoms with Crippen LogP contribution in [-0.2, 0) is 0 Å². The number of hydrogen-bond donors (Lipinski definition) is 1. The highest BCUT2D eigenvalue weighted by Gasteiger charge is 2.12.